The van der Waals surface area contributed by atoms with Gasteiger partial charge in [-0.15, -0.1) is 11.8 Å². The molecule has 0 heterocycles. The van der Waals surface area contributed by atoms with E-state index in [0.29, 0.717) is 6.54 Å². The molecule has 1 aromatic rings. The zero-order valence-electron chi connectivity index (χ0n) is 10.4. The topological polar surface area (TPSA) is 38.0 Å². The molecule has 3 N–H and O–H groups in total. The highest BCUT2D eigenvalue weighted by Gasteiger charge is 2.11. The molecule has 0 radical (unpaired) electrons. The highest BCUT2D eigenvalue weighted by Crippen LogP contribution is 2.20. The lowest BCUT2D eigenvalue weighted by Crippen LogP contribution is -2.29. The highest BCUT2D eigenvalue weighted by atomic mass is 35.5. The van der Waals surface area contributed by atoms with Crippen LogP contribution in [0.15, 0.2) is 18.2 Å². The van der Waals surface area contributed by atoms with Gasteiger partial charge in [-0.25, -0.2) is 0 Å². The van der Waals surface area contributed by atoms with Crippen LogP contribution in [0, 0.1) is 18.8 Å². The summed E-state index contributed by atoms with van der Waals surface area (Å²) in [6.07, 6.45) is 0.847. The largest absolute Gasteiger partial charge is 0.329 e. The van der Waals surface area contributed by atoms with Gasteiger partial charge in [-0.2, -0.15) is 0 Å². The normalized spacial score (nSPS) is 11.8. The van der Waals surface area contributed by atoms with Gasteiger partial charge < -0.3 is 11.1 Å². The molecule has 0 saturated heterocycles. The average Bonchev–Trinajstić information content (AvgIpc) is 2.31. The van der Waals surface area contributed by atoms with Crippen LogP contribution >= 0.6 is 11.6 Å². The zero-order chi connectivity index (χ0) is 12.7. The molecule has 92 valence electrons. The van der Waals surface area contributed by atoms with Crippen molar-refractivity contribution in [3.63, 3.8) is 0 Å². The number of nitrogens with one attached hydrogen (secondary N) is 1. The van der Waals surface area contributed by atoms with E-state index in [1.54, 1.807) is 0 Å². The summed E-state index contributed by atoms with van der Waals surface area (Å²) >= 11 is 5.94. The van der Waals surface area contributed by atoms with Gasteiger partial charge in [0.25, 0.3) is 0 Å². The molecular weight excluding hydrogens is 232 g/mol. The van der Waals surface area contributed by atoms with Gasteiger partial charge in [-0.1, -0.05) is 17.7 Å². The standard InChI is InChI=1S/C14H19ClN2/c1-3-4-5-8-17-14(10-16)13-7-6-12(15)9-11(13)2/h6-7,9,14,17H,5,8,10,16H2,1-2H3. The van der Waals surface area contributed by atoms with E-state index in [1.807, 2.05) is 25.1 Å². The Hall–Kier alpha value is -1.01. The molecule has 0 amide bonds. The first-order chi connectivity index (χ1) is 8.19. The molecule has 0 bridgehead atoms. The Kier molecular flexibility index (Phi) is 6.07. The lowest BCUT2D eigenvalue weighted by atomic mass is 10.0. The fourth-order valence-electron chi connectivity index (χ4n) is 1.78. The SMILES string of the molecule is CC#CCCNC(CN)c1ccc(Cl)cc1C. The first-order valence-electron chi connectivity index (χ1n) is 5.78. The molecule has 0 spiro atoms. The van der Waals surface area contributed by atoms with E-state index in [9.17, 15) is 0 Å². The molecule has 17 heavy (non-hydrogen) atoms. The van der Waals surface area contributed by atoms with Gasteiger partial charge in [-0.05, 0) is 37.1 Å². The van der Waals surface area contributed by atoms with E-state index in [-0.39, 0.29) is 6.04 Å². The second kappa shape index (κ2) is 7.34. The number of halogens is 1. The molecule has 0 aliphatic carbocycles. The first-order valence-corrected chi connectivity index (χ1v) is 6.16. The fourth-order valence-corrected chi connectivity index (χ4v) is 2.01. The first kappa shape index (κ1) is 14.1. The van der Waals surface area contributed by atoms with Crippen LogP contribution in [-0.2, 0) is 0 Å². The smallest absolute Gasteiger partial charge is 0.0447 e. The maximum Gasteiger partial charge on any atom is 0.0447 e. The summed E-state index contributed by atoms with van der Waals surface area (Å²) < 4.78 is 0. The van der Waals surface area contributed by atoms with Crippen molar-refractivity contribution in [2.45, 2.75) is 26.3 Å². The fraction of sp³-hybridized carbons (Fsp3) is 0.429. The third-order valence-corrected chi connectivity index (χ3v) is 2.90. The summed E-state index contributed by atoms with van der Waals surface area (Å²) in [6, 6.07) is 6.08. The van der Waals surface area contributed by atoms with Crippen molar-refractivity contribution < 1.29 is 0 Å². The molecule has 0 fully saturated rings. The average molecular weight is 251 g/mol. The molecule has 0 aromatic heterocycles. The molecule has 2 nitrogen and oxygen atoms in total. The van der Waals surface area contributed by atoms with Crippen molar-refractivity contribution in [2.75, 3.05) is 13.1 Å². The Balaban J connectivity index is 2.68. The van der Waals surface area contributed by atoms with Crippen molar-refractivity contribution in [3.05, 3.63) is 34.3 Å². The minimum Gasteiger partial charge on any atom is -0.329 e. The van der Waals surface area contributed by atoms with E-state index in [1.165, 1.54) is 11.1 Å². The highest BCUT2D eigenvalue weighted by molar-refractivity contribution is 6.30. The molecule has 0 saturated carbocycles. The van der Waals surface area contributed by atoms with Crippen LogP contribution in [0.5, 0.6) is 0 Å². The van der Waals surface area contributed by atoms with Crippen LogP contribution in [0.2, 0.25) is 5.02 Å². The summed E-state index contributed by atoms with van der Waals surface area (Å²) in [4.78, 5) is 0. The number of hydrogen-bond acceptors (Lipinski definition) is 2. The Bertz CT molecular complexity index is 418. The quantitative estimate of drug-likeness (QED) is 0.623. The van der Waals surface area contributed by atoms with Crippen LogP contribution in [0.25, 0.3) is 0 Å². The van der Waals surface area contributed by atoms with Gasteiger partial charge in [0.2, 0.25) is 0 Å². The van der Waals surface area contributed by atoms with Gasteiger partial charge in [0.15, 0.2) is 0 Å². The number of rotatable bonds is 5. The van der Waals surface area contributed by atoms with Crippen molar-refractivity contribution >= 4 is 11.6 Å². The Morgan fingerprint density at radius 3 is 2.82 bits per heavy atom. The van der Waals surface area contributed by atoms with Crippen LogP contribution in [0.4, 0.5) is 0 Å². The zero-order valence-corrected chi connectivity index (χ0v) is 11.1. The van der Waals surface area contributed by atoms with Gasteiger partial charge in [0.1, 0.15) is 0 Å². The van der Waals surface area contributed by atoms with Gasteiger partial charge >= 0.3 is 0 Å². The number of nitrogens with two attached hydrogens (primary N) is 1. The Labute approximate surface area is 109 Å². The number of hydrogen-bond donors (Lipinski definition) is 2. The third-order valence-electron chi connectivity index (χ3n) is 2.66. The predicted molar refractivity (Wildman–Crippen MR) is 74.1 cm³/mol. The lowest BCUT2D eigenvalue weighted by molar-refractivity contribution is 0.548. The van der Waals surface area contributed by atoms with Crippen molar-refractivity contribution in [1.29, 1.82) is 0 Å². The molecular formula is C14H19ClN2. The second-order valence-corrected chi connectivity index (χ2v) is 4.36. The van der Waals surface area contributed by atoms with Crippen molar-refractivity contribution in [3.8, 4) is 11.8 Å². The summed E-state index contributed by atoms with van der Waals surface area (Å²) in [7, 11) is 0. The van der Waals surface area contributed by atoms with E-state index in [0.717, 1.165) is 18.0 Å². The van der Waals surface area contributed by atoms with Gasteiger partial charge in [0, 0.05) is 30.6 Å². The summed E-state index contributed by atoms with van der Waals surface area (Å²) in [5, 5.41) is 4.17. The van der Waals surface area contributed by atoms with Crippen LogP contribution in [0.3, 0.4) is 0 Å². The van der Waals surface area contributed by atoms with E-state index < -0.39 is 0 Å². The summed E-state index contributed by atoms with van der Waals surface area (Å²) in [6.45, 7) is 5.33. The van der Waals surface area contributed by atoms with E-state index >= 15 is 0 Å². The minimum absolute atomic E-state index is 0.172. The van der Waals surface area contributed by atoms with E-state index in [2.05, 4.69) is 24.1 Å². The molecule has 3 heteroatoms. The second-order valence-electron chi connectivity index (χ2n) is 3.92. The van der Waals surface area contributed by atoms with Crippen LogP contribution in [-0.4, -0.2) is 13.1 Å². The minimum atomic E-state index is 0.172. The number of aryl methyl sites for hydroxylation is 1. The molecule has 1 unspecified atom stereocenters. The van der Waals surface area contributed by atoms with Crippen molar-refractivity contribution in [2.24, 2.45) is 5.73 Å². The lowest BCUT2D eigenvalue weighted by Gasteiger charge is -2.19. The molecule has 0 aliphatic heterocycles. The van der Waals surface area contributed by atoms with Crippen molar-refractivity contribution in [1.82, 2.24) is 5.32 Å². The van der Waals surface area contributed by atoms with Gasteiger partial charge in [0.05, 0.1) is 0 Å². The number of benzene rings is 1. The predicted octanol–water partition coefficient (Wildman–Crippen LogP) is 2.65. The monoisotopic (exact) mass is 250 g/mol. The van der Waals surface area contributed by atoms with E-state index in [4.69, 9.17) is 17.3 Å². The van der Waals surface area contributed by atoms with Gasteiger partial charge in [-0.3, -0.25) is 0 Å². The third kappa shape index (κ3) is 4.40. The Morgan fingerprint density at radius 2 is 2.24 bits per heavy atom. The Morgan fingerprint density at radius 1 is 1.47 bits per heavy atom. The molecule has 0 aliphatic rings. The summed E-state index contributed by atoms with van der Waals surface area (Å²) in [5.74, 6) is 5.91. The molecule has 1 atom stereocenters. The molecule has 1 aromatic carbocycles. The summed E-state index contributed by atoms with van der Waals surface area (Å²) in [5.41, 5.74) is 8.17. The van der Waals surface area contributed by atoms with Crippen LogP contribution in [0.1, 0.15) is 30.5 Å². The van der Waals surface area contributed by atoms with Crippen LogP contribution < -0.4 is 11.1 Å². The molecule has 1 rings (SSSR count). The maximum absolute atomic E-state index is 5.94. The maximum atomic E-state index is 5.94.